The van der Waals surface area contributed by atoms with Crippen LogP contribution in [-0.2, 0) is 4.79 Å². The third-order valence-corrected chi connectivity index (χ3v) is 3.07. The molecule has 0 aliphatic carbocycles. The highest BCUT2D eigenvalue weighted by atomic mass is 32.1. The number of nitrogens with zero attached hydrogens (tertiary/aromatic N) is 1. The van der Waals surface area contributed by atoms with Gasteiger partial charge in [-0.05, 0) is 13.8 Å². The first-order chi connectivity index (χ1) is 7.82. The number of carboxylic acid groups (broad SMARTS) is 1. The van der Waals surface area contributed by atoms with Gasteiger partial charge in [0, 0.05) is 6.07 Å². The fraction of sp³-hybridized carbons (Fsp3) is 0.333. The summed E-state index contributed by atoms with van der Waals surface area (Å²) in [6.45, 7) is 2.84. The van der Waals surface area contributed by atoms with Crippen molar-refractivity contribution in [1.29, 1.82) is 0 Å². The predicted molar refractivity (Wildman–Crippen MR) is 60.3 cm³/mol. The minimum atomic E-state index is -1.17. The second-order valence-electron chi connectivity index (χ2n) is 3.34. The molecule has 1 heterocycles. The lowest BCUT2D eigenvalue weighted by Crippen LogP contribution is -2.37. The van der Waals surface area contributed by atoms with Gasteiger partial charge in [-0.15, -0.1) is 11.3 Å². The Morgan fingerprint density at radius 2 is 2.18 bits per heavy atom. The Kier molecular flexibility index (Phi) is 3.79. The average Bonchev–Trinajstić information content (AvgIpc) is 2.60. The number of hydrogen-bond acceptors (Lipinski definition) is 5. The Hall–Kier alpha value is -1.96. The van der Waals surface area contributed by atoms with Crippen LogP contribution in [0.2, 0.25) is 0 Å². The summed E-state index contributed by atoms with van der Waals surface area (Å²) in [6, 6.07) is 0.105. The molecule has 0 bridgehead atoms. The van der Waals surface area contributed by atoms with Crippen LogP contribution in [0.1, 0.15) is 21.5 Å². The van der Waals surface area contributed by atoms with E-state index in [-0.39, 0.29) is 10.6 Å². The van der Waals surface area contributed by atoms with Crippen LogP contribution in [0.5, 0.6) is 0 Å². The van der Waals surface area contributed by atoms with E-state index in [0.717, 1.165) is 17.4 Å². The van der Waals surface area contributed by atoms with Crippen molar-refractivity contribution in [2.75, 3.05) is 0 Å². The maximum atomic E-state index is 11.6. The lowest BCUT2D eigenvalue weighted by molar-refractivity contribution is -0.385. The summed E-state index contributed by atoms with van der Waals surface area (Å²) in [5.41, 5.74) is -0.136. The zero-order valence-corrected chi connectivity index (χ0v) is 9.91. The number of carbonyl (C=O) groups is 2. The predicted octanol–water partition coefficient (Wildman–Crippen LogP) is 1.17. The Bertz CT molecular complexity index is 482. The number of aliphatic carboxylic acids is 1. The number of nitrogens with one attached hydrogen (secondary N) is 1. The number of aryl methyl sites for hydroxylation is 1. The van der Waals surface area contributed by atoms with Gasteiger partial charge in [0.05, 0.1) is 14.7 Å². The number of hydrogen-bond donors (Lipinski definition) is 2. The third-order valence-electron chi connectivity index (χ3n) is 2.03. The van der Waals surface area contributed by atoms with E-state index in [0.29, 0.717) is 4.88 Å². The summed E-state index contributed by atoms with van der Waals surface area (Å²) in [4.78, 5) is 32.6. The zero-order valence-electron chi connectivity index (χ0n) is 9.09. The van der Waals surface area contributed by atoms with E-state index in [1.165, 1.54) is 13.8 Å². The first-order valence-corrected chi connectivity index (χ1v) is 5.43. The average molecular weight is 258 g/mol. The molecule has 1 amide bonds. The molecule has 0 spiro atoms. The highest BCUT2D eigenvalue weighted by Crippen LogP contribution is 2.27. The molecule has 7 nitrogen and oxygen atoms in total. The van der Waals surface area contributed by atoms with Crippen LogP contribution in [0.4, 0.5) is 5.69 Å². The van der Waals surface area contributed by atoms with Crippen molar-refractivity contribution >= 4 is 28.9 Å². The number of amides is 1. The minimum absolute atomic E-state index is 0.127. The number of carbonyl (C=O) groups excluding carboxylic acids is 1. The van der Waals surface area contributed by atoms with Gasteiger partial charge in [0.15, 0.2) is 0 Å². The summed E-state index contributed by atoms with van der Waals surface area (Å²) in [6.07, 6.45) is 0. The van der Waals surface area contributed by atoms with E-state index in [9.17, 15) is 19.7 Å². The second kappa shape index (κ2) is 4.91. The SMILES string of the molecule is Cc1sc(C(=O)N[C@H](C)C(=O)O)cc1[N+](=O)[O-]. The van der Waals surface area contributed by atoms with E-state index in [4.69, 9.17) is 5.11 Å². The molecule has 0 fully saturated rings. The summed E-state index contributed by atoms with van der Waals surface area (Å²) in [7, 11) is 0. The molecular weight excluding hydrogens is 248 g/mol. The van der Waals surface area contributed by atoms with Crippen LogP contribution < -0.4 is 5.32 Å². The van der Waals surface area contributed by atoms with Crippen molar-refractivity contribution < 1.29 is 19.6 Å². The molecule has 2 N–H and O–H groups in total. The molecule has 1 aromatic heterocycles. The molecule has 0 aliphatic rings. The molecule has 8 heteroatoms. The minimum Gasteiger partial charge on any atom is -0.480 e. The van der Waals surface area contributed by atoms with Gasteiger partial charge in [0.1, 0.15) is 6.04 Å². The summed E-state index contributed by atoms with van der Waals surface area (Å²) >= 11 is 0.958. The summed E-state index contributed by atoms with van der Waals surface area (Å²) in [5, 5.41) is 21.4. The molecule has 1 aromatic rings. The smallest absolute Gasteiger partial charge is 0.325 e. The van der Waals surface area contributed by atoms with E-state index < -0.39 is 22.8 Å². The molecule has 0 radical (unpaired) electrons. The summed E-state index contributed by atoms with van der Waals surface area (Å²) in [5.74, 6) is -1.79. The number of nitro groups is 1. The maximum absolute atomic E-state index is 11.6. The Morgan fingerprint density at radius 3 is 2.59 bits per heavy atom. The molecule has 1 atom stereocenters. The van der Waals surface area contributed by atoms with Crippen molar-refractivity contribution in [2.24, 2.45) is 0 Å². The van der Waals surface area contributed by atoms with Crippen LogP contribution >= 0.6 is 11.3 Å². The van der Waals surface area contributed by atoms with Gasteiger partial charge < -0.3 is 10.4 Å². The molecule has 92 valence electrons. The first-order valence-electron chi connectivity index (χ1n) is 4.61. The Morgan fingerprint density at radius 1 is 1.59 bits per heavy atom. The van der Waals surface area contributed by atoms with Gasteiger partial charge in [0.2, 0.25) is 0 Å². The lowest BCUT2D eigenvalue weighted by atomic mass is 10.3. The molecule has 0 aromatic carbocycles. The van der Waals surface area contributed by atoms with E-state index >= 15 is 0 Å². The van der Waals surface area contributed by atoms with Crippen LogP contribution in [0.25, 0.3) is 0 Å². The van der Waals surface area contributed by atoms with Crippen molar-refractivity contribution in [3.63, 3.8) is 0 Å². The monoisotopic (exact) mass is 258 g/mol. The van der Waals surface area contributed by atoms with Crippen LogP contribution in [0, 0.1) is 17.0 Å². The van der Waals surface area contributed by atoms with E-state index in [1.54, 1.807) is 0 Å². The Labute approximate surface area is 100 Å². The molecule has 17 heavy (non-hydrogen) atoms. The van der Waals surface area contributed by atoms with Crippen LogP contribution in [-0.4, -0.2) is 27.9 Å². The van der Waals surface area contributed by atoms with Gasteiger partial charge in [-0.2, -0.15) is 0 Å². The van der Waals surface area contributed by atoms with Crippen molar-refractivity contribution in [1.82, 2.24) is 5.32 Å². The van der Waals surface area contributed by atoms with Gasteiger partial charge in [-0.25, -0.2) is 0 Å². The van der Waals surface area contributed by atoms with Crippen LogP contribution in [0.3, 0.4) is 0 Å². The van der Waals surface area contributed by atoms with Gasteiger partial charge in [-0.1, -0.05) is 0 Å². The van der Waals surface area contributed by atoms with Crippen molar-refractivity contribution in [2.45, 2.75) is 19.9 Å². The van der Waals surface area contributed by atoms with Gasteiger partial charge in [0.25, 0.3) is 11.6 Å². The third kappa shape index (κ3) is 3.00. The Balaban J connectivity index is 2.87. The molecule has 0 saturated heterocycles. The highest BCUT2D eigenvalue weighted by Gasteiger charge is 2.21. The van der Waals surface area contributed by atoms with Crippen LogP contribution in [0.15, 0.2) is 6.07 Å². The zero-order chi connectivity index (χ0) is 13.2. The molecule has 0 unspecified atom stereocenters. The summed E-state index contributed by atoms with van der Waals surface area (Å²) < 4.78 is 0. The lowest BCUT2D eigenvalue weighted by Gasteiger charge is -2.06. The number of thiophene rings is 1. The molecule has 0 aliphatic heterocycles. The number of rotatable bonds is 4. The topological polar surface area (TPSA) is 110 Å². The highest BCUT2D eigenvalue weighted by molar-refractivity contribution is 7.14. The molecule has 0 saturated carbocycles. The number of carboxylic acids is 1. The normalized spacial score (nSPS) is 11.9. The fourth-order valence-electron chi connectivity index (χ4n) is 1.10. The van der Waals surface area contributed by atoms with E-state index in [1.807, 2.05) is 0 Å². The first kappa shape index (κ1) is 13.1. The van der Waals surface area contributed by atoms with E-state index in [2.05, 4.69) is 5.32 Å². The second-order valence-corrected chi connectivity index (χ2v) is 4.60. The molecular formula is C9H10N2O5S. The molecule has 1 rings (SSSR count). The maximum Gasteiger partial charge on any atom is 0.325 e. The van der Waals surface area contributed by atoms with Crippen molar-refractivity contribution in [3.8, 4) is 0 Å². The van der Waals surface area contributed by atoms with Gasteiger partial charge >= 0.3 is 5.97 Å². The fourth-order valence-corrected chi connectivity index (χ4v) is 1.99. The quantitative estimate of drug-likeness (QED) is 0.622. The van der Waals surface area contributed by atoms with Gasteiger partial charge in [-0.3, -0.25) is 19.7 Å². The van der Waals surface area contributed by atoms with Crippen molar-refractivity contribution in [3.05, 3.63) is 25.9 Å². The largest absolute Gasteiger partial charge is 0.480 e. The standard InChI is InChI=1S/C9H10N2O5S/c1-4(9(13)14)10-8(12)7-3-6(11(15)16)5(2)17-7/h3-4H,1-2H3,(H,10,12)(H,13,14)/t4-/m1/s1.